The van der Waals surface area contributed by atoms with Crippen molar-refractivity contribution in [3.63, 3.8) is 0 Å². The van der Waals surface area contributed by atoms with Crippen LogP contribution in [0.25, 0.3) is 0 Å². The fraction of sp³-hybridized carbons (Fsp3) is 0.273. The number of nitrogens with one attached hydrogen (secondary N) is 2. The van der Waals surface area contributed by atoms with Crippen LogP contribution >= 0.6 is 11.6 Å². The van der Waals surface area contributed by atoms with E-state index in [0.29, 0.717) is 6.07 Å². The highest BCUT2D eigenvalue weighted by molar-refractivity contribution is 6.31. The Morgan fingerprint density at radius 3 is 2.45 bits per heavy atom. The lowest BCUT2D eigenvalue weighted by molar-refractivity contribution is -0.137. The maximum atomic E-state index is 12.6. The lowest BCUT2D eigenvalue weighted by Crippen LogP contribution is -2.44. The Balaban J connectivity index is 2.89. The van der Waals surface area contributed by atoms with E-state index in [9.17, 15) is 22.8 Å². The van der Waals surface area contributed by atoms with Gasteiger partial charge in [-0.15, -0.1) is 0 Å². The largest absolute Gasteiger partial charge is 0.417 e. The number of benzene rings is 1. The number of anilines is 1. The zero-order valence-corrected chi connectivity index (χ0v) is 11.0. The molecule has 9 heteroatoms. The number of halogens is 4. The number of hydrogen-bond donors (Lipinski definition) is 3. The van der Waals surface area contributed by atoms with Crippen molar-refractivity contribution in [1.82, 2.24) is 5.32 Å². The summed E-state index contributed by atoms with van der Waals surface area (Å²) in [6.07, 6.45) is -4.63. The first-order valence-corrected chi connectivity index (χ1v) is 5.72. The maximum absolute atomic E-state index is 12.6. The molecule has 1 aromatic rings. The Labute approximate surface area is 117 Å². The Hall–Kier alpha value is -1.96. The molecule has 0 saturated heterocycles. The number of alkyl halides is 3. The summed E-state index contributed by atoms with van der Waals surface area (Å²) in [4.78, 5) is 22.2. The minimum atomic E-state index is -4.63. The molecule has 1 atom stereocenters. The number of nitrogens with two attached hydrogens (primary N) is 1. The highest BCUT2D eigenvalue weighted by atomic mass is 35.5. The monoisotopic (exact) mass is 309 g/mol. The van der Waals surface area contributed by atoms with Gasteiger partial charge in [-0.1, -0.05) is 11.6 Å². The van der Waals surface area contributed by atoms with E-state index >= 15 is 0 Å². The molecule has 4 N–H and O–H groups in total. The zero-order valence-electron chi connectivity index (χ0n) is 10.2. The number of primary amides is 1. The van der Waals surface area contributed by atoms with Gasteiger partial charge in [0.25, 0.3) is 0 Å². The van der Waals surface area contributed by atoms with Gasteiger partial charge in [0.05, 0.1) is 10.6 Å². The van der Waals surface area contributed by atoms with Crippen molar-refractivity contribution in [1.29, 1.82) is 0 Å². The van der Waals surface area contributed by atoms with Crippen LogP contribution in [-0.4, -0.2) is 18.0 Å². The lowest BCUT2D eigenvalue weighted by Gasteiger charge is -2.14. The summed E-state index contributed by atoms with van der Waals surface area (Å²) in [5.74, 6) is -0.709. The first-order valence-electron chi connectivity index (χ1n) is 5.35. The molecule has 3 amide bonds. The molecule has 0 heterocycles. The molecule has 0 aliphatic carbocycles. The van der Waals surface area contributed by atoms with Crippen molar-refractivity contribution in [2.24, 2.45) is 5.73 Å². The Morgan fingerprint density at radius 2 is 1.95 bits per heavy atom. The fourth-order valence-corrected chi connectivity index (χ4v) is 1.57. The SMILES string of the molecule is C[C@H](NC(N)=O)C(=O)Nc1ccc(Cl)c(C(F)(F)F)c1. The van der Waals surface area contributed by atoms with Crippen molar-refractivity contribution in [2.45, 2.75) is 19.1 Å². The number of carbonyl (C=O) groups is 2. The summed E-state index contributed by atoms with van der Waals surface area (Å²) in [6, 6.07) is 1.04. The fourth-order valence-electron chi connectivity index (χ4n) is 1.35. The normalized spacial score (nSPS) is 12.7. The van der Waals surface area contributed by atoms with Gasteiger partial charge in [-0.2, -0.15) is 13.2 Å². The number of rotatable bonds is 3. The van der Waals surface area contributed by atoms with E-state index in [1.165, 1.54) is 13.0 Å². The number of urea groups is 1. The molecule has 20 heavy (non-hydrogen) atoms. The smallest absolute Gasteiger partial charge is 0.352 e. The minimum absolute atomic E-state index is 0.0927. The summed E-state index contributed by atoms with van der Waals surface area (Å²) in [7, 11) is 0. The molecule has 0 aliphatic heterocycles. The van der Waals surface area contributed by atoms with Crippen LogP contribution in [0.1, 0.15) is 12.5 Å². The second-order valence-electron chi connectivity index (χ2n) is 3.91. The van der Waals surface area contributed by atoms with Crippen LogP contribution in [0.4, 0.5) is 23.7 Å². The predicted molar refractivity (Wildman–Crippen MR) is 67.3 cm³/mol. The van der Waals surface area contributed by atoms with Gasteiger partial charge in [0.2, 0.25) is 5.91 Å². The zero-order chi connectivity index (χ0) is 15.5. The molecule has 0 unspecified atom stereocenters. The predicted octanol–water partition coefficient (Wildman–Crippen LogP) is 2.35. The van der Waals surface area contributed by atoms with Gasteiger partial charge >= 0.3 is 12.2 Å². The second-order valence-corrected chi connectivity index (χ2v) is 4.32. The van der Waals surface area contributed by atoms with E-state index in [-0.39, 0.29) is 5.69 Å². The van der Waals surface area contributed by atoms with Crippen LogP contribution < -0.4 is 16.4 Å². The number of amides is 3. The molecule has 1 aromatic carbocycles. The van der Waals surface area contributed by atoms with Gasteiger partial charge < -0.3 is 16.4 Å². The van der Waals surface area contributed by atoms with E-state index in [1.54, 1.807) is 0 Å². The molecular weight excluding hydrogens is 299 g/mol. The van der Waals surface area contributed by atoms with Crippen molar-refractivity contribution in [3.05, 3.63) is 28.8 Å². The van der Waals surface area contributed by atoms with Crippen molar-refractivity contribution < 1.29 is 22.8 Å². The summed E-state index contributed by atoms with van der Waals surface area (Å²) in [5, 5.41) is 3.84. The highest BCUT2D eigenvalue weighted by Gasteiger charge is 2.33. The first kappa shape index (κ1) is 16.1. The summed E-state index contributed by atoms with van der Waals surface area (Å²) in [5.41, 5.74) is 3.67. The van der Waals surface area contributed by atoms with Gasteiger partial charge in [0.1, 0.15) is 6.04 Å². The average Bonchev–Trinajstić information content (AvgIpc) is 2.29. The second kappa shape index (κ2) is 6.00. The molecular formula is C11H11ClF3N3O2. The Kier molecular flexibility index (Phi) is 4.83. The van der Waals surface area contributed by atoms with E-state index in [1.807, 2.05) is 0 Å². The molecule has 5 nitrogen and oxygen atoms in total. The van der Waals surface area contributed by atoms with Gasteiger partial charge in [-0.3, -0.25) is 4.79 Å². The summed E-state index contributed by atoms with van der Waals surface area (Å²) < 4.78 is 37.9. The molecule has 0 fully saturated rings. The molecule has 0 spiro atoms. The third-order valence-electron chi connectivity index (χ3n) is 2.29. The van der Waals surface area contributed by atoms with Crippen LogP contribution in [0.15, 0.2) is 18.2 Å². The number of carbonyl (C=O) groups excluding carboxylic acids is 2. The third-order valence-corrected chi connectivity index (χ3v) is 2.62. The van der Waals surface area contributed by atoms with Crippen LogP contribution in [0.2, 0.25) is 5.02 Å². The summed E-state index contributed by atoms with van der Waals surface area (Å²) in [6.45, 7) is 1.33. The van der Waals surface area contributed by atoms with E-state index in [0.717, 1.165) is 6.07 Å². The van der Waals surface area contributed by atoms with Crippen molar-refractivity contribution >= 4 is 29.2 Å². The van der Waals surface area contributed by atoms with Gasteiger partial charge in [0, 0.05) is 5.69 Å². The molecule has 0 radical (unpaired) electrons. The molecule has 0 bridgehead atoms. The lowest BCUT2D eigenvalue weighted by atomic mass is 10.2. The molecule has 1 rings (SSSR count). The van der Waals surface area contributed by atoms with Crippen LogP contribution in [0, 0.1) is 0 Å². The van der Waals surface area contributed by atoms with E-state index in [2.05, 4.69) is 10.6 Å². The van der Waals surface area contributed by atoms with E-state index in [4.69, 9.17) is 17.3 Å². The van der Waals surface area contributed by atoms with Gasteiger partial charge in [0.15, 0.2) is 0 Å². The van der Waals surface area contributed by atoms with Crippen molar-refractivity contribution in [3.8, 4) is 0 Å². The van der Waals surface area contributed by atoms with Gasteiger partial charge in [-0.25, -0.2) is 4.79 Å². The third kappa shape index (κ3) is 4.30. The van der Waals surface area contributed by atoms with Crippen molar-refractivity contribution in [2.75, 3.05) is 5.32 Å². The highest BCUT2D eigenvalue weighted by Crippen LogP contribution is 2.36. The Bertz CT molecular complexity index is 534. The number of hydrogen-bond acceptors (Lipinski definition) is 2. The summed E-state index contributed by atoms with van der Waals surface area (Å²) >= 11 is 5.44. The van der Waals surface area contributed by atoms with E-state index < -0.39 is 34.7 Å². The average molecular weight is 310 g/mol. The molecule has 0 aliphatic rings. The first-order chi connectivity index (χ1) is 9.11. The van der Waals surface area contributed by atoms with Crippen LogP contribution in [0.3, 0.4) is 0 Å². The van der Waals surface area contributed by atoms with Gasteiger partial charge in [-0.05, 0) is 25.1 Å². The minimum Gasteiger partial charge on any atom is -0.352 e. The standard InChI is InChI=1S/C11H11ClF3N3O2/c1-5(17-10(16)20)9(19)18-6-2-3-8(12)7(4-6)11(13,14)15/h2-5H,1H3,(H,18,19)(H3,16,17,20)/t5-/m0/s1. The molecule has 0 aromatic heterocycles. The Morgan fingerprint density at radius 1 is 1.35 bits per heavy atom. The molecule has 110 valence electrons. The molecule has 0 saturated carbocycles. The topological polar surface area (TPSA) is 84.2 Å². The quantitative estimate of drug-likeness (QED) is 0.800. The van der Waals surface area contributed by atoms with Crippen LogP contribution in [0.5, 0.6) is 0 Å². The van der Waals surface area contributed by atoms with Crippen LogP contribution in [-0.2, 0) is 11.0 Å². The maximum Gasteiger partial charge on any atom is 0.417 e.